The first-order valence-corrected chi connectivity index (χ1v) is 9.76. The Balaban J connectivity index is 1.92. The van der Waals surface area contributed by atoms with Crippen molar-refractivity contribution in [2.24, 2.45) is 0 Å². The molecule has 2 rings (SSSR count). The van der Waals surface area contributed by atoms with Gasteiger partial charge in [-0.15, -0.1) is 11.3 Å². The average molecular weight is 398 g/mol. The molecule has 1 aromatic carbocycles. The van der Waals surface area contributed by atoms with Gasteiger partial charge in [0.1, 0.15) is 0 Å². The van der Waals surface area contributed by atoms with Crippen LogP contribution in [0.4, 0.5) is 5.69 Å². The van der Waals surface area contributed by atoms with E-state index in [0.717, 1.165) is 11.1 Å². The quantitative estimate of drug-likeness (QED) is 0.473. The number of Topliss-reactive ketones (excluding diaryl/α,β-unsaturated/α-hetero) is 1. The van der Waals surface area contributed by atoms with E-state index in [9.17, 15) is 14.4 Å². The maximum Gasteiger partial charge on any atom is 0.306 e. The lowest BCUT2D eigenvalue weighted by Gasteiger charge is -2.22. The molecule has 0 atom stereocenters. The van der Waals surface area contributed by atoms with Gasteiger partial charge in [-0.1, -0.05) is 12.1 Å². The Labute approximate surface area is 168 Å². The SMILES string of the molecule is Cc1cc(C)cc(N(CCC#N)C(=O)COC(=O)CCC(=O)c2cccs2)c1. The van der Waals surface area contributed by atoms with Gasteiger partial charge >= 0.3 is 5.97 Å². The minimum atomic E-state index is -0.598. The van der Waals surface area contributed by atoms with Crippen LogP contribution in [0.2, 0.25) is 0 Å². The van der Waals surface area contributed by atoms with Gasteiger partial charge in [0.15, 0.2) is 12.4 Å². The number of amides is 1. The van der Waals surface area contributed by atoms with Crippen LogP contribution in [0, 0.1) is 25.2 Å². The fourth-order valence-corrected chi connectivity index (χ4v) is 3.43. The van der Waals surface area contributed by atoms with Gasteiger partial charge in [0, 0.05) is 18.7 Å². The number of ether oxygens (including phenoxy) is 1. The van der Waals surface area contributed by atoms with Crippen molar-refractivity contribution in [2.45, 2.75) is 33.1 Å². The molecule has 0 bridgehead atoms. The van der Waals surface area contributed by atoms with Crippen molar-refractivity contribution in [3.8, 4) is 6.07 Å². The second-order valence-electron chi connectivity index (χ2n) is 6.36. The zero-order valence-corrected chi connectivity index (χ0v) is 16.8. The molecule has 0 unspecified atom stereocenters. The molecule has 1 amide bonds. The Morgan fingerprint density at radius 1 is 1.14 bits per heavy atom. The molecule has 2 aromatic rings. The van der Waals surface area contributed by atoms with Gasteiger partial charge in [0.05, 0.1) is 23.8 Å². The van der Waals surface area contributed by atoms with Crippen LogP contribution in [0.15, 0.2) is 35.7 Å². The molecule has 0 aliphatic carbocycles. The monoisotopic (exact) mass is 398 g/mol. The molecular formula is C21H22N2O4S. The number of hydrogen-bond acceptors (Lipinski definition) is 6. The van der Waals surface area contributed by atoms with Crippen LogP contribution in [0.1, 0.15) is 40.1 Å². The van der Waals surface area contributed by atoms with Crippen LogP contribution in [-0.2, 0) is 14.3 Å². The summed E-state index contributed by atoms with van der Waals surface area (Å²) in [5.41, 5.74) is 2.66. The van der Waals surface area contributed by atoms with E-state index in [-0.39, 0.29) is 31.6 Å². The van der Waals surface area contributed by atoms with E-state index >= 15 is 0 Å². The lowest BCUT2D eigenvalue weighted by molar-refractivity contribution is -0.147. The topological polar surface area (TPSA) is 87.5 Å². The van der Waals surface area contributed by atoms with Gasteiger partial charge < -0.3 is 9.64 Å². The van der Waals surface area contributed by atoms with E-state index in [0.29, 0.717) is 10.6 Å². The van der Waals surface area contributed by atoms with Crippen LogP contribution < -0.4 is 4.90 Å². The maximum absolute atomic E-state index is 12.6. The highest BCUT2D eigenvalue weighted by Gasteiger charge is 2.19. The molecule has 146 valence electrons. The summed E-state index contributed by atoms with van der Waals surface area (Å²) in [6.45, 7) is 3.64. The zero-order chi connectivity index (χ0) is 20.5. The Kier molecular flexibility index (Phi) is 7.90. The number of nitriles is 1. The summed E-state index contributed by atoms with van der Waals surface area (Å²) in [6, 6.07) is 11.2. The molecule has 0 N–H and O–H groups in total. The number of aryl methyl sites for hydroxylation is 2. The smallest absolute Gasteiger partial charge is 0.306 e. The van der Waals surface area contributed by atoms with E-state index in [1.54, 1.807) is 17.5 Å². The van der Waals surface area contributed by atoms with E-state index in [4.69, 9.17) is 10.00 Å². The van der Waals surface area contributed by atoms with Gasteiger partial charge in [-0.2, -0.15) is 5.26 Å². The molecule has 0 spiro atoms. The van der Waals surface area contributed by atoms with Crippen molar-refractivity contribution in [3.05, 3.63) is 51.7 Å². The molecule has 0 saturated heterocycles. The summed E-state index contributed by atoms with van der Waals surface area (Å²) >= 11 is 1.32. The fourth-order valence-electron chi connectivity index (χ4n) is 2.73. The zero-order valence-electron chi connectivity index (χ0n) is 15.9. The third-order valence-corrected chi connectivity index (χ3v) is 4.89. The molecule has 0 saturated carbocycles. The maximum atomic E-state index is 12.6. The largest absolute Gasteiger partial charge is 0.456 e. The first kappa shape index (κ1) is 21.3. The summed E-state index contributed by atoms with van der Waals surface area (Å²) in [6.07, 6.45) is 0.135. The fraction of sp³-hybridized carbons (Fsp3) is 0.333. The third kappa shape index (κ3) is 6.32. The number of hydrogen-bond donors (Lipinski definition) is 0. The number of benzene rings is 1. The number of ketones is 1. The van der Waals surface area contributed by atoms with Crippen LogP contribution in [-0.4, -0.2) is 30.8 Å². The molecule has 0 aliphatic rings. The molecule has 1 heterocycles. The highest BCUT2D eigenvalue weighted by molar-refractivity contribution is 7.12. The lowest BCUT2D eigenvalue weighted by Crippen LogP contribution is -2.35. The molecule has 0 fully saturated rings. The van der Waals surface area contributed by atoms with Crippen molar-refractivity contribution in [3.63, 3.8) is 0 Å². The summed E-state index contributed by atoms with van der Waals surface area (Å²) < 4.78 is 5.05. The van der Waals surface area contributed by atoms with Crippen molar-refractivity contribution in [2.75, 3.05) is 18.1 Å². The normalized spacial score (nSPS) is 10.2. The Morgan fingerprint density at radius 2 is 1.86 bits per heavy atom. The Bertz CT molecular complexity index is 864. The third-order valence-electron chi connectivity index (χ3n) is 3.98. The summed E-state index contributed by atoms with van der Waals surface area (Å²) in [5, 5.41) is 10.7. The number of carbonyl (C=O) groups is 3. The minimum absolute atomic E-state index is 0.0444. The van der Waals surface area contributed by atoms with Gasteiger partial charge in [0.2, 0.25) is 0 Å². The summed E-state index contributed by atoms with van der Waals surface area (Å²) in [7, 11) is 0. The molecule has 0 radical (unpaired) electrons. The number of anilines is 1. The predicted octanol–water partition coefficient (Wildman–Crippen LogP) is 3.82. The molecular weight excluding hydrogens is 376 g/mol. The predicted molar refractivity (Wildman–Crippen MR) is 107 cm³/mol. The second kappa shape index (κ2) is 10.4. The first-order chi connectivity index (χ1) is 13.4. The standard InChI is InChI=1S/C21H22N2O4S/c1-15-11-16(2)13-17(12-15)23(9-4-8-22)20(25)14-27-21(26)7-6-18(24)19-5-3-10-28-19/h3,5,10-13H,4,6-7,9,14H2,1-2H3. The van der Waals surface area contributed by atoms with Gasteiger partial charge in [-0.05, 0) is 48.6 Å². The average Bonchev–Trinajstić information content (AvgIpc) is 3.19. The van der Waals surface area contributed by atoms with Crippen LogP contribution in [0.25, 0.3) is 0 Å². The van der Waals surface area contributed by atoms with E-state index in [1.165, 1.54) is 16.2 Å². The number of carbonyl (C=O) groups excluding carboxylic acids is 3. The Hall–Kier alpha value is -2.98. The molecule has 7 heteroatoms. The van der Waals surface area contributed by atoms with Crippen LogP contribution in [0.5, 0.6) is 0 Å². The van der Waals surface area contributed by atoms with Crippen LogP contribution >= 0.6 is 11.3 Å². The molecule has 1 aromatic heterocycles. The number of nitrogens with zero attached hydrogens (tertiary/aromatic N) is 2. The highest BCUT2D eigenvalue weighted by Crippen LogP contribution is 2.19. The lowest BCUT2D eigenvalue weighted by atomic mass is 10.1. The first-order valence-electron chi connectivity index (χ1n) is 8.88. The molecule has 6 nitrogen and oxygen atoms in total. The van der Waals surface area contributed by atoms with Gasteiger partial charge in [0.25, 0.3) is 5.91 Å². The van der Waals surface area contributed by atoms with Gasteiger partial charge in [-0.3, -0.25) is 14.4 Å². The van der Waals surface area contributed by atoms with Crippen molar-refractivity contribution in [1.82, 2.24) is 0 Å². The van der Waals surface area contributed by atoms with Crippen molar-refractivity contribution in [1.29, 1.82) is 5.26 Å². The Morgan fingerprint density at radius 3 is 2.46 bits per heavy atom. The number of esters is 1. The number of thiophene rings is 1. The van der Waals surface area contributed by atoms with Crippen LogP contribution in [0.3, 0.4) is 0 Å². The second-order valence-corrected chi connectivity index (χ2v) is 7.31. The highest BCUT2D eigenvalue weighted by atomic mass is 32.1. The summed E-state index contributed by atoms with van der Waals surface area (Å²) in [4.78, 5) is 38.5. The molecule has 28 heavy (non-hydrogen) atoms. The minimum Gasteiger partial charge on any atom is -0.456 e. The molecule has 0 aliphatic heterocycles. The van der Waals surface area contributed by atoms with E-state index in [2.05, 4.69) is 0 Å². The van der Waals surface area contributed by atoms with Gasteiger partial charge in [-0.25, -0.2) is 0 Å². The summed E-state index contributed by atoms with van der Waals surface area (Å²) in [5.74, 6) is -1.12. The van der Waals surface area contributed by atoms with E-state index in [1.807, 2.05) is 38.1 Å². The van der Waals surface area contributed by atoms with E-state index < -0.39 is 18.5 Å². The van der Waals surface area contributed by atoms with Crippen molar-refractivity contribution >= 4 is 34.7 Å². The van der Waals surface area contributed by atoms with Crippen molar-refractivity contribution < 1.29 is 19.1 Å². The number of rotatable bonds is 9.